The van der Waals surface area contributed by atoms with E-state index in [1.165, 1.54) is 0 Å². The first-order chi connectivity index (χ1) is 11.2. The molecule has 5 nitrogen and oxygen atoms in total. The van der Waals surface area contributed by atoms with Gasteiger partial charge >= 0.3 is 0 Å². The fourth-order valence-electron chi connectivity index (χ4n) is 2.69. The van der Waals surface area contributed by atoms with E-state index in [9.17, 15) is 4.79 Å². The molecule has 1 fully saturated rings. The second-order valence-corrected chi connectivity index (χ2v) is 5.91. The molecular formula is C17H18ClNO4. The van der Waals surface area contributed by atoms with E-state index in [1.807, 2.05) is 0 Å². The molecule has 2 aliphatic heterocycles. The van der Waals surface area contributed by atoms with E-state index in [0.29, 0.717) is 41.9 Å². The Bertz CT molecular complexity index is 634. The van der Waals surface area contributed by atoms with Crippen molar-refractivity contribution in [3.8, 4) is 23.8 Å². The standard InChI is InChI=1S/C17H18ClNO4/c1-2-13(14-5-3-6-21-14)19-17(20)11-9-12(18)16-15(10-11)22-7-4-8-23-16/h1,9-10,13-14H,3-8H2,(H,19,20)/t13-,14+/m1/s1. The van der Waals surface area contributed by atoms with Crippen molar-refractivity contribution in [3.05, 3.63) is 22.7 Å². The molecule has 1 saturated heterocycles. The van der Waals surface area contributed by atoms with Gasteiger partial charge in [0.2, 0.25) is 0 Å². The van der Waals surface area contributed by atoms with Gasteiger partial charge in [-0.2, -0.15) is 0 Å². The topological polar surface area (TPSA) is 56.8 Å². The zero-order valence-electron chi connectivity index (χ0n) is 12.6. The van der Waals surface area contributed by atoms with Gasteiger partial charge in [-0.3, -0.25) is 4.79 Å². The van der Waals surface area contributed by atoms with Crippen LogP contribution in [0.4, 0.5) is 0 Å². The van der Waals surface area contributed by atoms with Crippen LogP contribution in [0, 0.1) is 12.3 Å². The molecule has 0 radical (unpaired) electrons. The second kappa shape index (κ2) is 7.12. The average molecular weight is 336 g/mol. The third-order valence-corrected chi connectivity index (χ3v) is 4.15. The summed E-state index contributed by atoms with van der Waals surface area (Å²) in [5.41, 5.74) is 0.387. The molecular weight excluding hydrogens is 318 g/mol. The maximum atomic E-state index is 12.5. The van der Waals surface area contributed by atoms with E-state index < -0.39 is 6.04 Å². The number of terminal acetylenes is 1. The highest BCUT2D eigenvalue weighted by Crippen LogP contribution is 2.38. The Labute approximate surface area is 140 Å². The average Bonchev–Trinajstić information content (AvgIpc) is 2.97. The molecule has 0 aliphatic carbocycles. The Morgan fingerprint density at radius 1 is 1.30 bits per heavy atom. The Hall–Kier alpha value is -1.90. The van der Waals surface area contributed by atoms with E-state index in [4.69, 9.17) is 32.2 Å². The van der Waals surface area contributed by atoms with Crippen LogP contribution in [0.15, 0.2) is 12.1 Å². The van der Waals surface area contributed by atoms with Gasteiger partial charge in [-0.1, -0.05) is 17.5 Å². The van der Waals surface area contributed by atoms with Crippen LogP contribution in [0.5, 0.6) is 11.5 Å². The van der Waals surface area contributed by atoms with Gasteiger partial charge in [-0.25, -0.2) is 0 Å². The summed E-state index contributed by atoms with van der Waals surface area (Å²) in [6.07, 6.45) is 7.95. The van der Waals surface area contributed by atoms with Crippen LogP contribution in [0.1, 0.15) is 29.6 Å². The van der Waals surface area contributed by atoms with E-state index >= 15 is 0 Å². The monoisotopic (exact) mass is 335 g/mol. The molecule has 1 amide bonds. The number of amides is 1. The van der Waals surface area contributed by atoms with Gasteiger partial charge in [0.05, 0.1) is 24.3 Å². The molecule has 1 N–H and O–H groups in total. The van der Waals surface area contributed by atoms with Crippen molar-refractivity contribution < 1.29 is 19.0 Å². The first-order valence-corrected chi connectivity index (χ1v) is 8.04. The highest BCUT2D eigenvalue weighted by atomic mass is 35.5. The molecule has 0 aromatic heterocycles. The molecule has 2 heterocycles. The minimum absolute atomic E-state index is 0.139. The number of benzene rings is 1. The van der Waals surface area contributed by atoms with Crippen molar-refractivity contribution in [2.24, 2.45) is 0 Å². The third kappa shape index (κ3) is 3.54. The third-order valence-electron chi connectivity index (χ3n) is 3.87. The number of carbonyl (C=O) groups is 1. The van der Waals surface area contributed by atoms with Crippen LogP contribution < -0.4 is 14.8 Å². The van der Waals surface area contributed by atoms with Crippen LogP contribution in [0.2, 0.25) is 5.02 Å². The largest absolute Gasteiger partial charge is 0.489 e. The Kier molecular flexibility index (Phi) is 4.94. The Morgan fingerprint density at radius 3 is 2.87 bits per heavy atom. The smallest absolute Gasteiger partial charge is 0.252 e. The molecule has 2 atom stereocenters. The van der Waals surface area contributed by atoms with Crippen molar-refractivity contribution in [1.82, 2.24) is 5.32 Å². The van der Waals surface area contributed by atoms with E-state index in [0.717, 1.165) is 19.3 Å². The van der Waals surface area contributed by atoms with E-state index in [2.05, 4.69) is 11.2 Å². The highest BCUT2D eigenvalue weighted by molar-refractivity contribution is 6.32. The number of halogens is 1. The lowest BCUT2D eigenvalue weighted by Gasteiger charge is -2.19. The van der Waals surface area contributed by atoms with Crippen LogP contribution in [-0.2, 0) is 4.74 Å². The first-order valence-electron chi connectivity index (χ1n) is 7.67. The summed E-state index contributed by atoms with van der Waals surface area (Å²) in [7, 11) is 0. The van der Waals surface area contributed by atoms with Crippen molar-refractivity contribution in [3.63, 3.8) is 0 Å². The number of nitrogens with one attached hydrogen (secondary N) is 1. The molecule has 6 heteroatoms. The van der Waals surface area contributed by atoms with Gasteiger partial charge in [-0.05, 0) is 25.0 Å². The number of hydrogen-bond donors (Lipinski definition) is 1. The molecule has 0 unspecified atom stereocenters. The quantitative estimate of drug-likeness (QED) is 0.862. The summed E-state index contributed by atoms with van der Waals surface area (Å²) in [5, 5.41) is 3.17. The van der Waals surface area contributed by atoms with Crippen molar-refractivity contribution in [1.29, 1.82) is 0 Å². The highest BCUT2D eigenvalue weighted by Gasteiger charge is 2.27. The summed E-state index contributed by atoms with van der Waals surface area (Å²) in [6, 6.07) is 2.73. The Morgan fingerprint density at radius 2 is 2.13 bits per heavy atom. The molecule has 1 aromatic rings. The predicted molar refractivity (Wildman–Crippen MR) is 86.1 cm³/mol. The number of carbonyl (C=O) groups excluding carboxylic acids is 1. The van der Waals surface area contributed by atoms with Crippen molar-refractivity contribution >= 4 is 17.5 Å². The fourth-order valence-corrected chi connectivity index (χ4v) is 2.96. The van der Waals surface area contributed by atoms with Gasteiger partial charge in [0.1, 0.15) is 6.04 Å². The van der Waals surface area contributed by atoms with Gasteiger partial charge in [0, 0.05) is 18.6 Å². The SMILES string of the molecule is C#C[C@@H](NC(=O)c1cc(Cl)c2c(c1)OCCCO2)[C@@H]1CCCO1. The lowest BCUT2D eigenvalue weighted by atomic mass is 10.1. The number of rotatable bonds is 3. The van der Waals surface area contributed by atoms with E-state index in [-0.39, 0.29) is 12.0 Å². The summed E-state index contributed by atoms with van der Waals surface area (Å²) in [5.74, 6) is 3.24. The Balaban J connectivity index is 1.78. The van der Waals surface area contributed by atoms with Crippen LogP contribution in [-0.4, -0.2) is 37.9 Å². The van der Waals surface area contributed by atoms with Crippen molar-refractivity contribution in [2.45, 2.75) is 31.4 Å². The molecule has 1 aromatic carbocycles. The molecule has 23 heavy (non-hydrogen) atoms. The van der Waals surface area contributed by atoms with Gasteiger partial charge in [0.25, 0.3) is 5.91 Å². The molecule has 2 aliphatic rings. The van der Waals surface area contributed by atoms with Crippen molar-refractivity contribution in [2.75, 3.05) is 19.8 Å². The molecule has 0 bridgehead atoms. The number of fused-ring (bicyclic) bond motifs is 1. The minimum atomic E-state index is -0.459. The molecule has 3 rings (SSSR count). The predicted octanol–water partition coefficient (Wildman–Crippen LogP) is 2.41. The maximum Gasteiger partial charge on any atom is 0.252 e. The van der Waals surface area contributed by atoms with Crippen LogP contribution >= 0.6 is 11.6 Å². The molecule has 0 saturated carbocycles. The van der Waals surface area contributed by atoms with Crippen LogP contribution in [0.25, 0.3) is 0 Å². The lowest BCUT2D eigenvalue weighted by Crippen LogP contribution is -2.42. The summed E-state index contributed by atoms with van der Waals surface area (Å²) in [4.78, 5) is 12.5. The lowest BCUT2D eigenvalue weighted by molar-refractivity contribution is 0.0776. The molecule has 122 valence electrons. The van der Waals surface area contributed by atoms with E-state index in [1.54, 1.807) is 12.1 Å². The summed E-state index contributed by atoms with van der Waals surface area (Å²) in [6.45, 7) is 1.74. The second-order valence-electron chi connectivity index (χ2n) is 5.51. The maximum absolute atomic E-state index is 12.5. The van der Waals surface area contributed by atoms with Gasteiger partial charge < -0.3 is 19.5 Å². The first kappa shape index (κ1) is 16.0. The summed E-state index contributed by atoms with van der Waals surface area (Å²) < 4.78 is 16.7. The summed E-state index contributed by atoms with van der Waals surface area (Å²) >= 11 is 6.21. The minimum Gasteiger partial charge on any atom is -0.489 e. The zero-order valence-corrected chi connectivity index (χ0v) is 13.4. The van der Waals surface area contributed by atoms with Crippen LogP contribution in [0.3, 0.4) is 0 Å². The number of ether oxygens (including phenoxy) is 3. The number of hydrogen-bond acceptors (Lipinski definition) is 4. The van der Waals surface area contributed by atoms with Gasteiger partial charge in [0.15, 0.2) is 11.5 Å². The molecule has 0 spiro atoms. The normalized spacial score (nSPS) is 21.1. The fraction of sp³-hybridized carbons (Fsp3) is 0.471. The van der Waals surface area contributed by atoms with Gasteiger partial charge in [-0.15, -0.1) is 6.42 Å². The zero-order chi connectivity index (χ0) is 16.2.